The summed E-state index contributed by atoms with van der Waals surface area (Å²) in [5.74, 6) is 0. The maximum Gasteiger partial charge on any atom is 0.0494 e. The van der Waals surface area contributed by atoms with Crippen LogP contribution in [0.2, 0.25) is 0 Å². The van der Waals surface area contributed by atoms with Crippen molar-refractivity contribution in [3.8, 4) is 0 Å². The smallest absolute Gasteiger partial charge is 0.0494 e. The lowest BCUT2D eigenvalue weighted by Crippen LogP contribution is -2.31. The molecule has 43 heavy (non-hydrogen) atoms. The molecule has 1 atom stereocenters. The molecule has 0 radical (unpaired) electrons. The number of rotatable bonds is 4. The number of fused-ring (bicyclic) bond motifs is 4. The van der Waals surface area contributed by atoms with Crippen LogP contribution >= 0.6 is 0 Å². The Hall–Kier alpha value is -4.04. The summed E-state index contributed by atoms with van der Waals surface area (Å²) in [5, 5.41) is 6.54. The highest BCUT2D eigenvalue weighted by atomic mass is 14.9. The first-order chi connectivity index (χ1) is 20.3. The summed E-state index contributed by atoms with van der Waals surface area (Å²) in [6.07, 6.45) is 6.95. The van der Waals surface area contributed by atoms with E-state index in [0.717, 1.165) is 18.5 Å². The first kappa shape index (κ1) is 27.8. The van der Waals surface area contributed by atoms with Gasteiger partial charge in [0.2, 0.25) is 0 Å². The minimum Gasteiger partial charge on any atom is -0.358 e. The number of para-hydroxylation sites is 1. The van der Waals surface area contributed by atoms with E-state index in [4.69, 9.17) is 0 Å². The molecule has 1 N–H and O–H groups in total. The molecule has 0 saturated heterocycles. The molecule has 7 rings (SSSR count). The third-order valence-electron chi connectivity index (χ3n) is 9.93. The second kappa shape index (κ2) is 9.48. The summed E-state index contributed by atoms with van der Waals surface area (Å²) in [7, 11) is 2.20. The number of aryl methyl sites for hydroxylation is 1. The zero-order valence-electron chi connectivity index (χ0n) is 27.0. The number of nitrogens with one attached hydrogen (secondary N) is 1. The van der Waals surface area contributed by atoms with Crippen LogP contribution in [0.4, 0.5) is 5.69 Å². The normalized spacial score (nSPS) is 18.4. The van der Waals surface area contributed by atoms with Crippen molar-refractivity contribution in [3.63, 3.8) is 0 Å². The Morgan fingerprint density at radius 3 is 2.21 bits per heavy atom. The standard InChI is InChI=1S/C41H44N2/c1-39(2,3)29-15-17-36-34(24-29)32-16-14-26(22-37(32)43(36)8)27-18-19-41(7,38(23-27)42-31-12-10-9-11-13-31)35-25-30(40(4,5)6)20-28-21-33(28)35/h9-18,20,22-25,42H,19,21H2,1-8H3. The molecule has 2 aliphatic carbocycles. The minimum absolute atomic E-state index is 0.122. The van der Waals surface area contributed by atoms with Gasteiger partial charge in [-0.15, -0.1) is 0 Å². The molecule has 218 valence electrons. The molecule has 0 amide bonds. The van der Waals surface area contributed by atoms with Gasteiger partial charge in [-0.2, -0.15) is 0 Å². The summed E-state index contributed by atoms with van der Waals surface area (Å²) in [6, 6.07) is 29.6. The molecule has 0 fully saturated rings. The van der Waals surface area contributed by atoms with Crippen LogP contribution in [0.1, 0.15) is 88.3 Å². The predicted octanol–water partition coefficient (Wildman–Crippen LogP) is 10.6. The highest BCUT2D eigenvalue weighted by Crippen LogP contribution is 2.49. The monoisotopic (exact) mass is 564 g/mol. The molecule has 0 bridgehead atoms. The second-order valence-electron chi connectivity index (χ2n) is 15.1. The highest BCUT2D eigenvalue weighted by molar-refractivity contribution is 6.09. The van der Waals surface area contributed by atoms with E-state index in [9.17, 15) is 0 Å². The van der Waals surface area contributed by atoms with E-state index in [2.05, 4.69) is 156 Å². The Morgan fingerprint density at radius 2 is 1.49 bits per heavy atom. The van der Waals surface area contributed by atoms with E-state index < -0.39 is 0 Å². The van der Waals surface area contributed by atoms with E-state index in [0.29, 0.717) is 0 Å². The van der Waals surface area contributed by atoms with E-state index in [-0.39, 0.29) is 16.2 Å². The molecule has 2 heteroatoms. The third kappa shape index (κ3) is 4.72. The van der Waals surface area contributed by atoms with Crippen LogP contribution in [0.3, 0.4) is 0 Å². The van der Waals surface area contributed by atoms with Gasteiger partial charge in [0.25, 0.3) is 0 Å². The molecule has 1 unspecified atom stereocenters. The Morgan fingerprint density at radius 1 is 0.744 bits per heavy atom. The summed E-state index contributed by atoms with van der Waals surface area (Å²) < 4.78 is 2.36. The first-order valence-electron chi connectivity index (χ1n) is 15.8. The summed E-state index contributed by atoms with van der Waals surface area (Å²) in [5.41, 5.74) is 15.0. The maximum atomic E-state index is 3.88. The number of anilines is 1. The van der Waals surface area contributed by atoms with Gasteiger partial charge in [0, 0.05) is 45.7 Å². The molecule has 5 aromatic rings. The van der Waals surface area contributed by atoms with E-state index >= 15 is 0 Å². The number of allylic oxidation sites excluding steroid dienone is 4. The maximum absolute atomic E-state index is 3.88. The Balaban J connectivity index is 1.34. The van der Waals surface area contributed by atoms with Crippen molar-refractivity contribution in [3.05, 3.63) is 130 Å². The van der Waals surface area contributed by atoms with Crippen LogP contribution in [0.25, 0.3) is 27.4 Å². The lowest BCUT2D eigenvalue weighted by atomic mass is 9.71. The Bertz CT molecular complexity index is 1970. The first-order valence-corrected chi connectivity index (χ1v) is 15.8. The molecule has 2 aliphatic rings. The van der Waals surface area contributed by atoms with E-state index in [1.165, 1.54) is 60.9 Å². The zero-order chi connectivity index (χ0) is 30.3. The van der Waals surface area contributed by atoms with Crippen LogP contribution in [-0.4, -0.2) is 4.57 Å². The van der Waals surface area contributed by atoms with Crippen LogP contribution in [-0.2, 0) is 29.7 Å². The molecule has 0 saturated carbocycles. The number of hydrogen-bond acceptors (Lipinski definition) is 1. The Labute approximate surface area is 257 Å². The number of hydrogen-bond donors (Lipinski definition) is 1. The largest absolute Gasteiger partial charge is 0.358 e. The topological polar surface area (TPSA) is 17.0 Å². The van der Waals surface area contributed by atoms with E-state index in [1.54, 1.807) is 5.56 Å². The van der Waals surface area contributed by atoms with Crippen molar-refractivity contribution in [2.75, 3.05) is 5.32 Å². The van der Waals surface area contributed by atoms with Gasteiger partial charge in [-0.05, 0) is 106 Å². The van der Waals surface area contributed by atoms with Gasteiger partial charge in [-0.25, -0.2) is 0 Å². The Kier molecular flexibility index (Phi) is 6.12. The number of benzene rings is 4. The van der Waals surface area contributed by atoms with Crippen LogP contribution in [0.15, 0.2) is 96.7 Å². The number of aromatic nitrogens is 1. The van der Waals surface area contributed by atoms with Crippen LogP contribution in [0.5, 0.6) is 0 Å². The molecule has 2 nitrogen and oxygen atoms in total. The lowest BCUT2D eigenvalue weighted by molar-refractivity contribution is 0.553. The highest BCUT2D eigenvalue weighted by Gasteiger charge is 2.40. The van der Waals surface area contributed by atoms with Crippen molar-refractivity contribution < 1.29 is 0 Å². The fourth-order valence-electron chi connectivity index (χ4n) is 6.91. The van der Waals surface area contributed by atoms with Gasteiger partial charge >= 0.3 is 0 Å². The molecule has 1 aromatic heterocycles. The average molecular weight is 565 g/mol. The summed E-state index contributed by atoms with van der Waals surface area (Å²) >= 11 is 0. The van der Waals surface area contributed by atoms with Crippen molar-refractivity contribution >= 4 is 33.1 Å². The van der Waals surface area contributed by atoms with Crippen molar-refractivity contribution in [2.45, 2.75) is 77.6 Å². The van der Waals surface area contributed by atoms with E-state index in [1.807, 2.05) is 0 Å². The van der Waals surface area contributed by atoms with Crippen molar-refractivity contribution in [1.29, 1.82) is 0 Å². The SMILES string of the molecule is Cn1c2ccc(C(C)(C)C)cc2c2ccc(C3=CCC(C)(c4cc(C(C)(C)C)cc5c4C5)C(Nc4ccccc4)=C3)cc21. The number of nitrogens with zero attached hydrogens (tertiary/aromatic N) is 1. The molecule has 4 aromatic carbocycles. The third-order valence-corrected chi connectivity index (χ3v) is 9.93. The van der Waals surface area contributed by atoms with Gasteiger partial charge in [0.05, 0.1) is 0 Å². The van der Waals surface area contributed by atoms with Crippen molar-refractivity contribution in [1.82, 2.24) is 4.57 Å². The predicted molar refractivity (Wildman–Crippen MR) is 185 cm³/mol. The summed E-state index contributed by atoms with van der Waals surface area (Å²) in [6.45, 7) is 16.3. The molecule has 0 aliphatic heterocycles. The van der Waals surface area contributed by atoms with Gasteiger partial charge in [0.1, 0.15) is 0 Å². The fraction of sp³-hybridized carbons (Fsp3) is 0.317. The van der Waals surface area contributed by atoms with Gasteiger partial charge < -0.3 is 9.88 Å². The van der Waals surface area contributed by atoms with Crippen molar-refractivity contribution in [2.24, 2.45) is 7.05 Å². The molecule has 0 spiro atoms. The van der Waals surface area contributed by atoms with Gasteiger partial charge in [0.15, 0.2) is 0 Å². The molecular weight excluding hydrogens is 520 g/mol. The van der Waals surface area contributed by atoms with Gasteiger partial charge in [-0.3, -0.25) is 0 Å². The molecule has 1 heterocycles. The molecular formula is C41H44N2. The average Bonchev–Trinajstić information content (AvgIpc) is 3.71. The second-order valence-corrected chi connectivity index (χ2v) is 15.1. The minimum atomic E-state index is -0.131. The lowest BCUT2D eigenvalue weighted by Gasteiger charge is -2.37. The summed E-state index contributed by atoms with van der Waals surface area (Å²) in [4.78, 5) is 0. The quantitative estimate of drug-likeness (QED) is 0.225. The van der Waals surface area contributed by atoms with Gasteiger partial charge in [-0.1, -0.05) is 96.1 Å². The zero-order valence-corrected chi connectivity index (χ0v) is 27.0. The van der Waals surface area contributed by atoms with Crippen LogP contribution in [0, 0.1) is 0 Å². The fourth-order valence-corrected chi connectivity index (χ4v) is 6.91. The van der Waals surface area contributed by atoms with Crippen LogP contribution < -0.4 is 5.32 Å².